The van der Waals surface area contributed by atoms with Gasteiger partial charge in [0, 0.05) is 31.0 Å². The third-order valence-electron chi connectivity index (χ3n) is 5.21. The highest BCUT2D eigenvalue weighted by atomic mass is 16.5. The maximum absolute atomic E-state index is 6.21. The molecule has 0 aromatic heterocycles. The first-order chi connectivity index (χ1) is 14.1. The lowest BCUT2D eigenvalue weighted by atomic mass is 9.96. The second-order valence-corrected chi connectivity index (χ2v) is 8.84. The third-order valence-corrected chi connectivity index (χ3v) is 5.21. The van der Waals surface area contributed by atoms with Crippen LogP contribution in [0.3, 0.4) is 0 Å². The van der Waals surface area contributed by atoms with Crippen LogP contribution in [0, 0.1) is 0 Å². The Hall–Kier alpha value is -2.69. The van der Waals surface area contributed by atoms with E-state index in [9.17, 15) is 0 Å². The van der Waals surface area contributed by atoms with Gasteiger partial charge in [-0.25, -0.2) is 0 Å². The molecular formula is C25H34NO4+. The van der Waals surface area contributed by atoms with E-state index in [1.807, 2.05) is 58.0 Å². The van der Waals surface area contributed by atoms with Gasteiger partial charge in [-0.3, -0.25) is 0 Å². The van der Waals surface area contributed by atoms with Crippen molar-refractivity contribution in [3.05, 3.63) is 42.0 Å². The van der Waals surface area contributed by atoms with Gasteiger partial charge in [0.2, 0.25) is 0 Å². The molecule has 1 aliphatic rings. The minimum Gasteiger partial charge on any atom is -0.496 e. The molecule has 1 heterocycles. The van der Waals surface area contributed by atoms with Gasteiger partial charge in [-0.1, -0.05) is 6.07 Å². The maximum Gasteiger partial charge on any atom is 0.371 e. The van der Waals surface area contributed by atoms with E-state index in [1.54, 1.807) is 7.11 Å². The molecule has 0 saturated heterocycles. The lowest BCUT2D eigenvalue weighted by molar-refractivity contribution is -0.562. The van der Waals surface area contributed by atoms with Gasteiger partial charge in [0.1, 0.15) is 24.3 Å². The number of benzene rings is 2. The summed E-state index contributed by atoms with van der Waals surface area (Å²) in [5, 5.41) is 0. The van der Waals surface area contributed by atoms with Crippen LogP contribution >= 0.6 is 0 Å². The van der Waals surface area contributed by atoms with Crippen LogP contribution < -0.4 is 14.2 Å². The van der Waals surface area contributed by atoms with E-state index >= 15 is 0 Å². The molecule has 0 fully saturated rings. The fourth-order valence-corrected chi connectivity index (χ4v) is 3.53. The highest BCUT2D eigenvalue weighted by Gasteiger charge is 2.41. The van der Waals surface area contributed by atoms with Crippen LogP contribution in [-0.2, 0) is 4.74 Å². The Balaban J connectivity index is 2.24. The van der Waals surface area contributed by atoms with Crippen LogP contribution in [-0.4, -0.2) is 49.0 Å². The summed E-state index contributed by atoms with van der Waals surface area (Å²) in [6.45, 7) is 13.1. The maximum atomic E-state index is 6.21. The van der Waals surface area contributed by atoms with Gasteiger partial charge >= 0.3 is 5.90 Å². The van der Waals surface area contributed by atoms with Crippen LogP contribution in [0.15, 0.2) is 36.4 Å². The summed E-state index contributed by atoms with van der Waals surface area (Å²) in [6.07, 6.45) is 0.128. The average Bonchev–Trinajstić information content (AvgIpc) is 2.94. The lowest BCUT2D eigenvalue weighted by Gasteiger charge is -2.19. The molecule has 0 spiro atoms. The van der Waals surface area contributed by atoms with Crippen molar-refractivity contribution < 1.29 is 23.5 Å². The summed E-state index contributed by atoms with van der Waals surface area (Å²) in [6, 6.07) is 12.0. The van der Waals surface area contributed by atoms with Gasteiger partial charge in [0.25, 0.3) is 0 Å². The summed E-state index contributed by atoms with van der Waals surface area (Å²) in [4.78, 5) is 0. The zero-order chi connectivity index (χ0) is 22.1. The average molecular weight is 413 g/mol. The Labute approximate surface area is 180 Å². The van der Waals surface area contributed by atoms with E-state index in [0.29, 0.717) is 6.61 Å². The molecule has 0 N–H and O–H groups in total. The van der Waals surface area contributed by atoms with E-state index in [4.69, 9.17) is 18.9 Å². The first kappa shape index (κ1) is 22.0. The molecule has 162 valence electrons. The van der Waals surface area contributed by atoms with Gasteiger partial charge in [0.05, 0.1) is 24.9 Å². The molecule has 0 radical (unpaired) electrons. The second-order valence-electron chi connectivity index (χ2n) is 8.84. The van der Waals surface area contributed by atoms with Crippen molar-refractivity contribution in [1.82, 2.24) is 0 Å². The minimum atomic E-state index is -0.0828. The number of rotatable bonds is 7. The van der Waals surface area contributed by atoms with Crippen molar-refractivity contribution in [3.63, 3.8) is 0 Å². The molecule has 2 aromatic rings. The Morgan fingerprint density at radius 2 is 1.63 bits per heavy atom. The van der Waals surface area contributed by atoms with E-state index in [1.165, 1.54) is 0 Å². The van der Waals surface area contributed by atoms with Gasteiger partial charge in [0.15, 0.2) is 12.1 Å². The van der Waals surface area contributed by atoms with Gasteiger partial charge < -0.3 is 18.9 Å². The fraction of sp³-hybridized carbons (Fsp3) is 0.480. The standard InChI is InChI=1S/C25H34NO4/c1-16(2)29-18-12-13-19(22(14-18)27-8)23-20(10-9-11-21(23)30-17(3)4)24-26(7)25(5,6)15-28-24/h9-14,16-17H,15H2,1-8H3/q+1. The number of likely N-dealkylation sites (N-methyl/N-ethyl adjacent to an activating group) is 1. The highest BCUT2D eigenvalue weighted by Crippen LogP contribution is 2.42. The second kappa shape index (κ2) is 8.58. The topological polar surface area (TPSA) is 39.9 Å². The van der Waals surface area contributed by atoms with Crippen LogP contribution in [0.4, 0.5) is 0 Å². The number of hydrogen-bond donors (Lipinski definition) is 0. The van der Waals surface area contributed by atoms with E-state index < -0.39 is 0 Å². The van der Waals surface area contributed by atoms with Crippen molar-refractivity contribution in [3.8, 4) is 28.4 Å². The fourth-order valence-electron chi connectivity index (χ4n) is 3.53. The lowest BCUT2D eigenvalue weighted by Crippen LogP contribution is -2.33. The predicted molar refractivity (Wildman–Crippen MR) is 120 cm³/mol. The number of hydrogen-bond acceptors (Lipinski definition) is 4. The normalized spacial score (nSPS) is 15.5. The van der Waals surface area contributed by atoms with Crippen LogP contribution in [0.1, 0.15) is 47.1 Å². The molecule has 1 aliphatic heterocycles. The Morgan fingerprint density at radius 1 is 0.933 bits per heavy atom. The summed E-state index contributed by atoms with van der Waals surface area (Å²) < 4.78 is 26.2. The van der Waals surface area contributed by atoms with Crippen LogP contribution in [0.2, 0.25) is 0 Å². The van der Waals surface area contributed by atoms with Crippen LogP contribution in [0.25, 0.3) is 11.1 Å². The van der Waals surface area contributed by atoms with Crippen molar-refractivity contribution in [2.75, 3.05) is 20.8 Å². The monoisotopic (exact) mass is 412 g/mol. The Bertz CT molecular complexity index is 944. The summed E-state index contributed by atoms with van der Waals surface area (Å²) in [7, 11) is 3.75. The Morgan fingerprint density at radius 3 is 2.20 bits per heavy atom. The summed E-state index contributed by atoms with van der Waals surface area (Å²) >= 11 is 0. The molecule has 5 heteroatoms. The van der Waals surface area contributed by atoms with Gasteiger partial charge in [-0.2, -0.15) is 4.58 Å². The van der Waals surface area contributed by atoms with Crippen molar-refractivity contribution >= 4 is 5.90 Å². The van der Waals surface area contributed by atoms with E-state index in [0.717, 1.165) is 39.8 Å². The molecule has 0 atom stereocenters. The minimum absolute atomic E-state index is 0.0391. The van der Waals surface area contributed by atoms with Crippen LogP contribution in [0.5, 0.6) is 17.2 Å². The molecule has 0 amide bonds. The number of ether oxygens (including phenoxy) is 4. The first-order valence-electron chi connectivity index (χ1n) is 10.5. The van der Waals surface area contributed by atoms with Crippen molar-refractivity contribution in [1.29, 1.82) is 0 Å². The Kier molecular flexibility index (Phi) is 6.30. The molecule has 0 aliphatic carbocycles. The molecule has 0 unspecified atom stereocenters. The summed E-state index contributed by atoms with van der Waals surface area (Å²) in [5.41, 5.74) is 2.80. The molecule has 0 saturated carbocycles. The third kappa shape index (κ3) is 4.40. The quantitative estimate of drug-likeness (QED) is 0.591. The van der Waals surface area contributed by atoms with E-state index in [2.05, 4.69) is 31.5 Å². The molecule has 2 aromatic carbocycles. The predicted octanol–water partition coefficient (Wildman–Crippen LogP) is 5.13. The van der Waals surface area contributed by atoms with Gasteiger partial charge in [-0.05, 0) is 52.0 Å². The molecule has 3 rings (SSSR count). The smallest absolute Gasteiger partial charge is 0.371 e. The number of nitrogens with zero attached hydrogens (tertiary/aromatic N) is 1. The molecule has 5 nitrogen and oxygen atoms in total. The largest absolute Gasteiger partial charge is 0.496 e. The zero-order valence-corrected chi connectivity index (χ0v) is 19.4. The SMILES string of the molecule is COc1cc(OC(C)C)ccc1-c1c(OC(C)C)cccc1C1=[N+](C)C(C)(C)CO1. The van der Waals surface area contributed by atoms with Crippen molar-refractivity contribution in [2.24, 2.45) is 0 Å². The number of methoxy groups -OCH3 is 1. The zero-order valence-electron chi connectivity index (χ0n) is 19.4. The van der Waals surface area contributed by atoms with Crippen molar-refractivity contribution in [2.45, 2.75) is 59.3 Å². The molecule has 30 heavy (non-hydrogen) atoms. The van der Waals surface area contributed by atoms with Gasteiger partial charge in [-0.15, -0.1) is 0 Å². The first-order valence-corrected chi connectivity index (χ1v) is 10.5. The molecule has 0 bridgehead atoms. The molecular weight excluding hydrogens is 378 g/mol. The van der Waals surface area contributed by atoms with E-state index in [-0.39, 0.29) is 17.7 Å². The highest BCUT2D eigenvalue weighted by molar-refractivity contribution is 6.01. The summed E-state index contributed by atoms with van der Waals surface area (Å²) in [5.74, 6) is 3.15.